The third-order valence-corrected chi connectivity index (χ3v) is 3.79. The SMILES string of the molecule is NNc1nnc(CSc2cccc(F)c2)s1. The number of benzene rings is 1. The lowest BCUT2D eigenvalue weighted by Gasteiger charge is -1.98. The first-order valence-corrected chi connectivity index (χ1v) is 6.25. The van der Waals surface area contributed by atoms with Crippen molar-refractivity contribution in [3.8, 4) is 0 Å². The molecule has 0 aliphatic carbocycles. The number of hydrogen-bond acceptors (Lipinski definition) is 6. The van der Waals surface area contributed by atoms with E-state index in [-0.39, 0.29) is 5.82 Å². The smallest absolute Gasteiger partial charge is 0.219 e. The Morgan fingerprint density at radius 1 is 1.44 bits per heavy atom. The Morgan fingerprint density at radius 3 is 3.00 bits per heavy atom. The largest absolute Gasteiger partial charge is 0.298 e. The zero-order valence-corrected chi connectivity index (χ0v) is 9.82. The number of nitrogens with one attached hydrogen (secondary N) is 1. The molecule has 0 saturated heterocycles. The molecule has 2 rings (SSSR count). The topological polar surface area (TPSA) is 63.8 Å². The molecule has 4 nitrogen and oxygen atoms in total. The minimum absolute atomic E-state index is 0.230. The zero-order valence-electron chi connectivity index (χ0n) is 8.18. The van der Waals surface area contributed by atoms with Crippen LogP contribution >= 0.6 is 23.1 Å². The Kier molecular flexibility index (Phi) is 3.70. The van der Waals surface area contributed by atoms with E-state index >= 15 is 0 Å². The minimum atomic E-state index is -0.230. The van der Waals surface area contributed by atoms with E-state index in [1.807, 2.05) is 6.07 Å². The molecule has 1 aromatic carbocycles. The van der Waals surface area contributed by atoms with Crippen molar-refractivity contribution >= 4 is 28.2 Å². The van der Waals surface area contributed by atoms with E-state index in [1.54, 1.807) is 6.07 Å². The molecular formula is C9H9FN4S2. The molecule has 0 aliphatic rings. The summed E-state index contributed by atoms with van der Waals surface area (Å²) in [5, 5.41) is 9.17. The van der Waals surface area contributed by atoms with Gasteiger partial charge in [0.15, 0.2) is 0 Å². The maximum absolute atomic E-state index is 12.9. The summed E-state index contributed by atoms with van der Waals surface area (Å²) in [4.78, 5) is 0.873. The van der Waals surface area contributed by atoms with Crippen LogP contribution in [0.4, 0.5) is 9.52 Å². The summed E-state index contributed by atoms with van der Waals surface area (Å²) in [5.74, 6) is 5.62. The van der Waals surface area contributed by atoms with E-state index in [1.165, 1.54) is 35.2 Å². The molecule has 0 radical (unpaired) electrons. The number of hydrogen-bond donors (Lipinski definition) is 2. The second-order valence-electron chi connectivity index (χ2n) is 2.89. The van der Waals surface area contributed by atoms with Gasteiger partial charge in [0.25, 0.3) is 0 Å². The molecule has 1 heterocycles. The summed E-state index contributed by atoms with van der Waals surface area (Å²) < 4.78 is 12.9. The van der Waals surface area contributed by atoms with Gasteiger partial charge in [0, 0.05) is 4.90 Å². The first-order valence-electron chi connectivity index (χ1n) is 4.45. The molecule has 0 fully saturated rings. The molecule has 0 amide bonds. The number of thioether (sulfide) groups is 1. The van der Waals surface area contributed by atoms with E-state index < -0.39 is 0 Å². The van der Waals surface area contributed by atoms with Crippen LogP contribution in [0, 0.1) is 5.82 Å². The number of anilines is 1. The predicted octanol–water partition coefficient (Wildman–Crippen LogP) is 2.26. The van der Waals surface area contributed by atoms with Crippen molar-refractivity contribution in [2.45, 2.75) is 10.6 Å². The second kappa shape index (κ2) is 5.24. The standard InChI is InChI=1S/C9H9FN4S2/c10-6-2-1-3-7(4-6)15-5-8-13-14-9(12-11)16-8/h1-4H,5,11H2,(H,12,14). The molecule has 0 aliphatic heterocycles. The van der Waals surface area contributed by atoms with Gasteiger partial charge < -0.3 is 0 Å². The average Bonchev–Trinajstić information content (AvgIpc) is 2.74. The summed E-state index contributed by atoms with van der Waals surface area (Å²) in [7, 11) is 0. The highest BCUT2D eigenvalue weighted by atomic mass is 32.2. The maximum atomic E-state index is 12.9. The van der Waals surface area contributed by atoms with Gasteiger partial charge in [-0.15, -0.1) is 22.0 Å². The Hall–Kier alpha value is -1.18. The number of nitrogen functional groups attached to an aromatic ring is 1. The van der Waals surface area contributed by atoms with E-state index in [4.69, 9.17) is 5.84 Å². The Bertz CT molecular complexity index is 474. The predicted molar refractivity (Wildman–Crippen MR) is 63.7 cm³/mol. The van der Waals surface area contributed by atoms with Crippen LogP contribution in [-0.4, -0.2) is 10.2 Å². The molecule has 7 heteroatoms. The van der Waals surface area contributed by atoms with E-state index in [9.17, 15) is 4.39 Å². The molecule has 2 aromatic rings. The van der Waals surface area contributed by atoms with Crippen molar-refractivity contribution < 1.29 is 4.39 Å². The van der Waals surface area contributed by atoms with Gasteiger partial charge in [-0.3, -0.25) is 5.43 Å². The summed E-state index contributed by atoms with van der Waals surface area (Å²) in [6.07, 6.45) is 0. The number of nitrogens with two attached hydrogens (primary N) is 1. The van der Waals surface area contributed by atoms with Gasteiger partial charge in [0.2, 0.25) is 5.13 Å². The molecular weight excluding hydrogens is 247 g/mol. The van der Waals surface area contributed by atoms with Crippen LogP contribution in [0.2, 0.25) is 0 Å². The fourth-order valence-corrected chi connectivity index (χ4v) is 2.65. The van der Waals surface area contributed by atoms with Gasteiger partial charge in [0.1, 0.15) is 10.8 Å². The van der Waals surface area contributed by atoms with Crippen LogP contribution in [-0.2, 0) is 5.75 Å². The van der Waals surface area contributed by atoms with Crippen LogP contribution < -0.4 is 11.3 Å². The van der Waals surface area contributed by atoms with Gasteiger partial charge >= 0.3 is 0 Å². The normalized spacial score (nSPS) is 10.4. The monoisotopic (exact) mass is 256 g/mol. The number of hydrazine groups is 1. The highest BCUT2D eigenvalue weighted by Gasteiger charge is 2.03. The van der Waals surface area contributed by atoms with E-state index in [2.05, 4.69) is 15.6 Å². The molecule has 1 aromatic heterocycles. The first kappa shape index (κ1) is 11.3. The third kappa shape index (κ3) is 2.91. The minimum Gasteiger partial charge on any atom is -0.298 e. The zero-order chi connectivity index (χ0) is 11.4. The van der Waals surface area contributed by atoms with Crippen molar-refractivity contribution in [1.82, 2.24) is 10.2 Å². The lowest BCUT2D eigenvalue weighted by molar-refractivity contribution is 0.624. The van der Waals surface area contributed by atoms with Gasteiger partial charge in [-0.25, -0.2) is 10.2 Å². The third-order valence-electron chi connectivity index (χ3n) is 1.75. The Labute approximate surface area is 100 Å². The van der Waals surface area contributed by atoms with Crippen LogP contribution in [0.3, 0.4) is 0 Å². The van der Waals surface area contributed by atoms with E-state index in [0.717, 1.165) is 9.90 Å². The van der Waals surface area contributed by atoms with Gasteiger partial charge in [-0.2, -0.15) is 0 Å². The summed E-state index contributed by atoms with van der Waals surface area (Å²) in [5.41, 5.74) is 2.43. The number of halogens is 1. The molecule has 0 bridgehead atoms. The van der Waals surface area contributed by atoms with Gasteiger partial charge in [-0.05, 0) is 18.2 Å². The van der Waals surface area contributed by atoms with Crippen molar-refractivity contribution in [3.63, 3.8) is 0 Å². The van der Waals surface area contributed by atoms with Gasteiger partial charge in [-0.1, -0.05) is 17.4 Å². The lowest BCUT2D eigenvalue weighted by Crippen LogP contribution is -2.05. The quantitative estimate of drug-likeness (QED) is 0.499. The first-order chi connectivity index (χ1) is 7.78. The fraction of sp³-hybridized carbons (Fsp3) is 0.111. The van der Waals surface area contributed by atoms with Crippen LogP contribution in [0.1, 0.15) is 5.01 Å². The number of aromatic nitrogens is 2. The number of rotatable bonds is 4. The molecule has 84 valence electrons. The number of nitrogens with zero attached hydrogens (tertiary/aromatic N) is 2. The molecule has 0 spiro atoms. The van der Waals surface area contributed by atoms with Crippen molar-refractivity contribution in [2.24, 2.45) is 5.84 Å². The summed E-state index contributed by atoms with van der Waals surface area (Å²) in [6.45, 7) is 0. The van der Waals surface area contributed by atoms with Crippen molar-refractivity contribution in [1.29, 1.82) is 0 Å². The molecule has 3 N–H and O–H groups in total. The van der Waals surface area contributed by atoms with Crippen molar-refractivity contribution in [3.05, 3.63) is 35.1 Å². The van der Waals surface area contributed by atoms with E-state index in [0.29, 0.717) is 10.9 Å². The lowest BCUT2D eigenvalue weighted by atomic mass is 10.4. The summed E-state index contributed by atoms with van der Waals surface area (Å²) >= 11 is 2.89. The van der Waals surface area contributed by atoms with Crippen LogP contribution in [0.25, 0.3) is 0 Å². The van der Waals surface area contributed by atoms with Crippen LogP contribution in [0.15, 0.2) is 29.2 Å². The molecule has 16 heavy (non-hydrogen) atoms. The molecule has 0 saturated carbocycles. The fourth-order valence-electron chi connectivity index (χ4n) is 1.07. The maximum Gasteiger partial charge on any atom is 0.219 e. The average molecular weight is 256 g/mol. The molecule has 0 unspecified atom stereocenters. The van der Waals surface area contributed by atoms with Crippen LogP contribution in [0.5, 0.6) is 0 Å². The summed E-state index contributed by atoms with van der Waals surface area (Å²) in [6, 6.07) is 6.46. The highest BCUT2D eigenvalue weighted by Crippen LogP contribution is 2.25. The van der Waals surface area contributed by atoms with Crippen molar-refractivity contribution in [2.75, 3.05) is 5.43 Å². The molecule has 0 atom stereocenters. The Balaban J connectivity index is 1.96. The Morgan fingerprint density at radius 2 is 2.31 bits per heavy atom. The van der Waals surface area contributed by atoms with Gasteiger partial charge in [0.05, 0.1) is 5.75 Å². The highest BCUT2D eigenvalue weighted by molar-refractivity contribution is 7.98. The second-order valence-corrected chi connectivity index (χ2v) is 5.00.